The molecule has 1 saturated heterocycles. The Labute approximate surface area is 236 Å². The van der Waals surface area contributed by atoms with Crippen molar-refractivity contribution in [3.63, 3.8) is 0 Å². The Morgan fingerprint density at radius 1 is 1.27 bits per heavy atom. The van der Waals surface area contributed by atoms with Crippen LogP contribution in [0.25, 0.3) is 0 Å². The lowest BCUT2D eigenvalue weighted by molar-refractivity contribution is -0.141. The normalized spacial score (nSPS) is 24.9. The van der Waals surface area contributed by atoms with Crippen LogP contribution < -0.4 is 11.1 Å². The number of amides is 3. The molecule has 0 radical (unpaired) electrons. The standard InChI is InChI=1S/C25H40N6O8S/c1-12(32)19(35)20(36)15(33)9-30(23(38)39-24(2,3)4)10-18(34)31-14(6-25(5)7-16(25)31)22(37)28-8-17-29-13(11-40-17)21(26)27/h11-12,14-16,19-20,32-33,35-36H,6-10H2,1-5H3,(H3,26,27)(H,28,37)/t12-,14-,15-,16-,19-,20-,25+/m0/s1. The van der Waals surface area contributed by atoms with E-state index in [2.05, 4.69) is 10.3 Å². The zero-order chi connectivity index (χ0) is 30.2. The average Bonchev–Trinajstić information content (AvgIpc) is 3.18. The highest BCUT2D eigenvalue weighted by atomic mass is 32.1. The van der Waals surface area contributed by atoms with E-state index >= 15 is 0 Å². The smallest absolute Gasteiger partial charge is 0.410 e. The number of fused-ring (bicyclic) bond motifs is 1. The van der Waals surface area contributed by atoms with Crippen LogP contribution in [0.15, 0.2) is 5.38 Å². The topological polar surface area (TPSA) is 223 Å². The van der Waals surface area contributed by atoms with Crippen LogP contribution >= 0.6 is 11.3 Å². The van der Waals surface area contributed by atoms with Gasteiger partial charge in [-0.3, -0.25) is 19.9 Å². The van der Waals surface area contributed by atoms with Gasteiger partial charge in [-0.1, -0.05) is 6.92 Å². The van der Waals surface area contributed by atoms with Gasteiger partial charge >= 0.3 is 6.09 Å². The minimum atomic E-state index is -1.80. The number of carbonyl (C=O) groups is 3. The summed E-state index contributed by atoms with van der Waals surface area (Å²) < 4.78 is 5.39. The number of aromatic nitrogens is 1. The molecule has 0 aromatic carbocycles. The molecule has 2 aliphatic rings. The fourth-order valence-corrected chi connectivity index (χ4v) is 5.51. The second-order valence-electron chi connectivity index (χ2n) is 11.8. The predicted octanol–water partition coefficient (Wildman–Crippen LogP) is -0.877. The summed E-state index contributed by atoms with van der Waals surface area (Å²) in [6, 6.07) is -0.996. The molecule has 1 aromatic heterocycles. The fraction of sp³-hybridized carbons (Fsp3) is 0.720. The number of nitrogen functional groups attached to an aromatic ring is 1. The lowest BCUT2D eigenvalue weighted by atomic mass is 10.0. The number of hydrogen-bond acceptors (Lipinski definition) is 11. The molecule has 0 unspecified atom stereocenters. The molecule has 15 heteroatoms. The first kappa shape index (κ1) is 31.7. The first-order valence-corrected chi connectivity index (χ1v) is 13.9. The largest absolute Gasteiger partial charge is 0.444 e. The molecule has 3 amide bonds. The third kappa shape index (κ3) is 7.46. The van der Waals surface area contributed by atoms with Crippen LogP contribution in [0.2, 0.25) is 0 Å². The summed E-state index contributed by atoms with van der Waals surface area (Å²) in [5.74, 6) is -1.11. The number of carbonyl (C=O) groups excluding carboxylic acids is 3. The third-order valence-corrected chi connectivity index (χ3v) is 7.94. The monoisotopic (exact) mass is 584 g/mol. The highest BCUT2D eigenvalue weighted by Crippen LogP contribution is 2.59. The number of likely N-dealkylation sites (tertiary alicyclic amines) is 1. The third-order valence-electron chi connectivity index (χ3n) is 7.09. The average molecular weight is 585 g/mol. The Balaban J connectivity index is 1.73. The molecule has 40 heavy (non-hydrogen) atoms. The minimum absolute atomic E-state index is 0.0937. The maximum Gasteiger partial charge on any atom is 0.410 e. The van der Waals surface area contributed by atoms with E-state index in [-0.39, 0.29) is 29.7 Å². The van der Waals surface area contributed by atoms with Gasteiger partial charge in [-0.15, -0.1) is 11.3 Å². The molecule has 14 nitrogen and oxygen atoms in total. The van der Waals surface area contributed by atoms with Gasteiger partial charge in [-0.2, -0.15) is 0 Å². The molecule has 8 N–H and O–H groups in total. The summed E-state index contributed by atoms with van der Waals surface area (Å²) in [4.78, 5) is 46.3. The van der Waals surface area contributed by atoms with Crippen molar-refractivity contribution in [3.8, 4) is 0 Å². The van der Waals surface area contributed by atoms with E-state index in [1.165, 1.54) is 23.2 Å². The molecule has 2 fully saturated rings. The summed E-state index contributed by atoms with van der Waals surface area (Å²) in [5.41, 5.74) is 4.59. The van der Waals surface area contributed by atoms with Gasteiger partial charge in [0, 0.05) is 11.4 Å². The first-order valence-electron chi connectivity index (χ1n) is 13.0. The summed E-state index contributed by atoms with van der Waals surface area (Å²) in [5, 5.41) is 52.7. The molecule has 1 saturated carbocycles. The van der Waals surface area contributed by atoms with Crippen molar-refractivity contribution in [3.05, 3.63) is 16.1 Å². The molecule has 1 aliphatic heterocycles. The van der Waals surface area contributed by atoms with E-state index in [1.54, 1.807) is 26.2 Å². The van der Waals surface area contributed by atoms with Crippen LogP contribution in [0, 0.1) is 10.8 Å². The maximum absolute atomic E-state index is 13.6. The zero-order valence-corrected chi connectivity index (χ0v) is 24.1. The lowest BCUT2D eigenvalue weighted by Crippen LogP contribution is -2.54. The number of nitrogens with zero attached hydrogens (tertiary/aromatic N) is 3. The van der Waals surface area contributed by atoms with Gasteiger partial charge in [-0.05, 0) is 46.0 Å². The van der Waals surface area contributed by atoms with E-state index < -0.39 is 61.1 Å². The number of aliphatic hydroxyl groups is 4. The second-order valence-corrected chi connectivity index (χ2v) is 12.7. The van der Waals surface area contributed by atoms with Gasteiger partial charge in [-0.25, -0.2) is 9.78 Å². The molecule has 1 aliphatic carbocycles. The SMILES string of the molecule is C[C@H](O)[C@H](O)[C@@H](O)[C@@H](O)CN(CC(=O)N1[C@H]2C[C@@]2(C)C[C@H]1C(=O)NCc1nc(C(=N)N)cs1)C(=O)OC(C)(C)C. The predicted molar refractivity (Wildman–Crippen MR) is 144 cm³/mol. The maximum atomic E-state index is 13.6. The number of ether oxygens (including phenoxy) is 1. The number of nitrogens with one attached hydrogen (secondary N) is 2. The van der Waals surface area contributed by atoms with Gasteiger partial charge in [0.25, 0.3) is 0 Å². The number of thiazole rings is 1. The van der Waals surface area contributed by atoms with Crippen LogP contribution in [0.1, 0.15) is 58.2 Å². The molecular weight excluding hydrogens is 544 g/mol. The second kappa shape index (κ2) is 11.9. The molecule has 2 heterocycles. The number of aliphatic hydroxyl groups excluding tert-OH is 4. The van der Waals surface area contributed by atoms with Crippen molar-refractivity contribution in [1.82, 2.24) is 20.1 Å². The van der Waals surface area contributed by atoms with Crippen molar-refractivity contribution >= 4 is 35.1 Å². The fourth-order valence-electron chi connectivity index (χ4n) is 4.78. The number of rotatable bonds is 11. The molecule has 0 bridgehead atoms. The molecule has 0 spiro atoms. The van der Waals surface area contributed by atoms with Crippen LogP contribution in [-0.4, -0.2) is 114 Å². The van der Waals surface area contributed by atoms with Gasteiger partial charge in [0.1, 0.15) is 53.0 Å². The van der Waals surface area contributed by atoms with E-state index in [0.29, 0.717) is 23.5 Å². The summed E-state index contributed by atoms with van der Waals surface area (Å²) in [7, 11) is 0. The van der Waals surface area contributed by atoms with Crippen LogP contribution in [0.4, 0.5) is 4.79 Å². The molecule has 3 rings (SSSR count). The highest BCUT2D eigenvalue weighted by Gasteiger charge is 2.64. The number of nitrogens with two attached hydrogens (primary N) is 1. The lowest BCUT2D eigenvalue weighted by Gasteiger charge is -2.33. The Morgan fingerprint density at radius 3 is 2.48 bits per heavy atom. The Hall–Kier alpha value is -2.85. The van der Waals surface area contributed by atoms with Crippen LogP contribution in [0.5, 0.6) is 0 Å². The minimum Gasteiger partial charge on any atom is -0.444 e. The van der Waals surface area contributed by atoms with Gasteiger partial charge in [0.2, 0.25) is 11.8 Å². The molecule has 224 valence electrons. The first-order chi connectivity index (χ1) is 18.4. The number of amidine groups is 1. The summed E-state index contributed by atoms with van der Waals surface area (Å²) in [6.45, 7) is 7.08. The molecule has 1 aromatic rings. The number of piperidine rings is 1. The summed E-state index contributed by atoms with van der Waals surface area (Å²) >= 11 is 1.24. The zero-order valence-electron chi connectivity index (χ0n) is 23.3. The van der Waals surface area contributed by atoms with Crippen molar-refractivity contribution < 1.29 is 39.5 Å². The quantitative estimate of drug-likeness (QED) is 0.126. The van der Waals surface area contributed by atoms with Crippen molar-refractivity contribution in [2.24, 2.45) is 11.1 Å². The van der Waals surface area contributed by atoms with E-state index in [0.717, 1.165) is 4.90 Å². The van der Waals surface area contributed by atoms with Gasteiger partial charge < -0.3 is 41.1 Å². The highest BCUT2D eigenvalue weighted by molar-refractivity contribution is 7.09. The molecule has 7 atom stereocenters. The van der Waals surface area contributed by atoms with Crippen LogP contribution in [-0.2, 0) is 20.9 Å². The van der Waals surface area contributed by atoms with Crippen LogP contribution in [0.3, 0.4) is 0 Å². The van der Waals surface area contributed by atoms with E-state index in [1.807, 2.05) is 6.92 Å². The Bertz CT molecular complexity index is 1120. The van der Waals surface area contributed by atoms with Crippen molar-refractivity contribution in [1.29, 1.82) is 5.41 Å². The van der Waals surface area contributed by atoms with Crippen molar-refractivity contribution in [2.75, 3.05) is 13.1 Å². The number of hydrogen-bond donors (Lipinski definition) is 7. The van der Waals surface area contributed by atoms with E-state index in [4.69, 9.17) is 15.9 Å². The Morgan fingerprint density at radius 2 is 1.93 bits per heavy atom. The Kier molecular flexibility index (Phi) is 9.46. The summed E-state index contributed by atoms with van der Waals surface area (Å²) in [6.07, 6.45) is -6.34. The van der Waals surface area contributed by atoms with E-state index in [9.17, 15) is 34.8 Å². The van der Waals surface area contributed by atoms with Gasteiger partial charge in [0.05, 0.1) is 19.2 Å². The molecular formula is C25H40N6O8S. The van der Waals surface area contributed by atoms with Crippen molar-refractivity contribution in [2.45, 2.75) is 96.1 Å². The van der Waals surface area contributed by atoms with Gasteiger partial charge in [0.15, 0.2) is 0 Å².